The molecule has 1 unspecified atom stereocenters. The summed E-state index contributed by atoms with van der Waals surface area (Å²) < 4.78 is 2.09. The number of guanidine groups is 1. The maximum atomic E-state index is 4.73. The van der Waals surface area contributed by atoms with Crippen LogP contribution in [0.4, 0.5) is 0 Å². The second-order valence-electron chi connectivity index (χ2n) is 7.37. The normalized spacial score (nSPS) is 12.5. The van der Waals surface area contributed by atoms with Crippen LogP contribution >= 0.6 is 24.0 Å². The van der Waals surface area contributed by atoms with E-state index in [9.17, 15) is 0 Å². The van der Waals surface area contributed by atoms with Gasteiger partial charge in [0, 0.05) is 32.1 Å². The van der Waals surface area contributed by atoms with Gasteiger partial charge in [-0.3, -0.25) is 4.99 Å². The Balaban J connectivity index is 0.00000392. The molecule has 6 nitrogen and oxygen atoms in total. The lowest BCUT2D eigenvalue weighted by atomic mass is 10.1. The molecule has 0 spiro atoms. The summed E-state index contributed by atoms with van der Waals surface area (Å²) in [7, 11) is 0. The number of aliphatic imine (C=N–C) groups is 1. The van der Waals surface area contributed by atoms with E-state index in [0.29, 0.717) is 12.0 Å². The van der Waals surface area contributed by atoms with Crippen molar-refractivity contribution in [3.63, 3.8) is 0 Å². The maximum absolute atomic E-state index is 4.73. The Labute approximate surface area is 186 Å². The molecule has 0 aliphatic rings. The predicted molar refractivity (Wildman–Crippen MR) is 127 cm³/mol. The first kappa shape index (κ1) is 24.4. The second-order valence-corrected chi connectivity index (χ2v) is 7.37. The number of nitrogens with zero attached hydrogens (tertiary/aromatic N) is 4. The monoisotopic (exact) mass is 498 g/mol. The first-order chi connectivity index (χ1) is 13.1. The Morgan fingerprint density at radius 2 is 1.93 bits per heavy atom. The molecule has 2 rings (SSSR count). The van der Waals surface area contributed by atoms with E-state index in [4.69, 9.17) is 4.99 Å². The van der Waals surface area contributed by atoms with Crippen molar-refractivity contribution in [3.05, 3.63) is 48.0 Å². The van der Waals surface area contributed by atoms with E-state index in [1.807, 2.05) is 0 Å². The molecule has 0 saturated heterocycles. The summed E-state index contributed by atoms with van der Waals surface area (Å²) in [5, 5.41) is 15.1. The molecular formula is C21H35IN6. The first-order valence-corrected chi connectivity index (χ1v) is 10.0. The third-order valence-corrected chi connectivity index (χ3v) is 4.36. The van der Waals surface area contributed by atoms with Crippen LogP contribution in [0.25, 0.3) is 0 Å². The molecule has 1 aromatic heterocycles. The number of hydrogen-bond donors (Lipinski definition) is 2. The number of aromatic nitrogens is 3. The van der Waals surface area contributed by atoms with Gasteiger partial charge in [-0.15, -0.1) is 34.2 Å². The standard InChI is InChI=1S/C21H34N6.HI/c1-5-20-26-24-16-27(20)14-13-22-21(23-15-17(2)3)25-18(4)11-12-19-9-7-6-8-10-19;/h6-10,16-18H,5,11-15H2,1-4H3,(H2,22,23,25);1H. The fraction of sp³-hybridized carbons (Fsp3) is 0.571. The molecule has 2 aromatic rings. The molecule has 0 radical (unpaired) electrons. The molecular weight excluding hydrogens is 463 g/mol. The van der Waals surface area contributed by atoms with Crippen molar-refractivity contribution in [3.8, 4) is 0 Å². The lowest BCUT2D eigenvalue weighted by Crippen LogP contribution is -2.43. The summed E-state index contributed by atoms with van der Waals surface area (Å²) in [5.74, 6) is 2.44. The van der Waals surface area contributed by atoms with Gasteiger partial charge in [0.1, 0.15) is 12.2 Å². The lowest BCUT2D eigenvalue weighted by Gasteiger charge is -2.19. The van der Waals surface area contributed by atoms with Gasteiger partial charge in [0.15, 0.2) is 5.96 Å². The van der Waals surface area contributed by atoms with Crippen LogP contribution in [0.5, 0.6) is 0 Å². The molecule has 0 aliphatic heterocycles. The van der Waals surface area contributed by atoms with Crippen molar-refractivity contribution in [1.29, 1.82) is 0 Å². The summed E-state index contributed by atoms with van der Waals surface area (Å²) in [6.45, 7) is 11.1. The van der Waals surface area contributed by atoms with Gasteiger partial charge in [0.25, 0.3) is 0 Å². The molecule has 7 heteroatoms. The van der Waals surface area contributed by atoms with Crippen LogP contribution in [0, 0.1) is 5.92 Å². The Hall–Kier alpha value is -1.64. The van der Waals surface area contributed by atoms with Crippen molar-refractivity contribution in [2.45, 2.75) is 59.5 Å². The summed E-state index contributed by atoms with van der Waals surface area (Å²) in [6, 6.07) is 11.0. The van der Waals surface area contributed by atoms with E-state index < -0.39 is 0 Å². The number of benzene rings is 1. The van der Waals surface area contributed by atoms with Crippen molar-refractivity contribution in [1.82, 2.24) is 25.4 Å². The van der Waals surface area contributed by atoms with E-state index in [-0.39, 0.29) is 24.0 Å². The molecule has 1 atom stereocenters. The average Bonchev–Trinajstić information content (AvgIpc) is 3.12. The first-order valence-electron chi connectivity index (χ1n) is 10.0. The third-order valence-electron chi connectivity index (χ3n) is 4.36. The van der Waals surface area contributed by atoms with Gasteiger partial charge in [-0.2, -0.15) is 0 Å². The molecule has 0 aliphatic carbocycles. The van der Waals surface area contributed by atoms with Crippen molar-refractivity contribution in [2.24, 2.45) is 10.9 Å². The number of rotatable bonds is 10. The van der Waals surface area contributed by atoms with Crippen LogP contribution in [-0.2, 0) is 19.4 Å². The zero-order valence-electron chi connectivity index (χ0n) is 17.6. The quantitative estimate of drug-likeness (QED) is 0.298. The summed E-state index contributed by atoms with van der Waals surface area (Å²) in [5.41, 5.74) is 1.37. The van der Waals surface area contributed by atoms with Crippen LogP contribution in [0.15, 0.2) is 41.7 Å². The van der Waals surface area contributed by atoms with E-state index in [1.165, 1.54) is 5.56 Å². The van der Waals surface area contributed by atoms with Gasteiger partial charge in [0.05, 0.1) is 0 Å². The second kappa shape index (κ2) is 13.5. The van der Waals surface area contributed by atoms with Crippen LogP contribution in [0.1, 0.15) is 45.5 Å². The predicted octanol–water partition coefficient (Wildman–Crippen LogP) is 3.67. The Bertz CT molecular complexity index is 683. The van der Waals surface area contributed by atoms with E-state index in [1.54, 1.807) is 6.33 Å². The SMILES string of the molecule is CCc1nncn1CCNC(=NCC(C)C)NC(C)CCc1ccccc1.I. The molecule has 156 valence electrons. The maximum Gasteiger partial charge on any atom is 0.191 e. The fourth-order valence-corrected chi connectivity index (χ4v) is 2.79. The van der Waals surface area contributed by atoms with Crippen LogP contribution in [0.2, 0.25) is 0 Å². The highest BCUT2D eigenvalue weighted by Crippen LogP contribution is 2.05. The topological polar surface area (TPSA) is 67.1 Å². The van der Waals surface area contributed by atoms with Crippen molar-refractivity contribution >= 4 is 29.9 Å². The van der Waals surface area contributed by atoms with Gasteiger partial charge in [-0.05, 0) is 31.2 Å². The number of halogens is 1. The minimum absolute atomic E-state index is 0. The fourth-order valence-electron chi connectivity index (χ4n) is 2.79. The van der Waals surface area contributed by atoms with Crippen LogP contribution < -0.4 is 10.6 Å². The highest BCUT2D eigenvalue weighted by atomic mass is 127. The minimum Gasteiger partial charge on any atom is -0.355 e. The van der Waals surface area contributed by atoms with E-state index >= 15 is 0 Å². The summed E-state index contributed by atoms with van der Waals surface area (Å²) in [4.78, 5) is 4.73. The molecule has 0 bridgehead atoms. The van der Waals surface area contributed by atoms with Crippen molar-refractivity contribution in [2.75, 3.05) is 13.1 Å². The molecule has 2 N–H and O–H groups in total. The smallest absolute Gasteiger partial charge is 0.191 e. The summed E-state index contributed by atoms with van der Waals surface area (Å²) in [6.07, 6.45) is 4.81. The molecule has 1 heterocycles. The van der Waals surface area contributed by atoms with Gasteiger partial charge in [0.2, 0.25) is 0 Å². The molecule has 0 amide bonds. The van der Waals surface area contributed by atoms with Gasteiger partial charge in [-0.25, -0.2) is 0 Å². The number of aryl methyl sites for hydroxylation is 2. The number of nitrogens with one attached hydrogen (secondary N) is 2. The van der Waals surface area contributed by atoms with Crippen molar-refractivity contribution < 1.29 is 0 Å². The largest absolute Gasteiger partial charge is 0.355 e. The number of hydrogen-bond acceptors (Lipinski definition) is 3. The van der Waals surface area contributed by atoms with E-state index in [2.05, 4.69) is 83.4 Å². The highest BCUT2D eigenvalue weighted by Gasteiger charge is 2.07. The lowest BCUT2D eigenvalue weighted by molar-refractivity contribution is 0.574. The Morgan fingerprint density at radius 3 is 2.61 bits per heavy atom. The summed E-state index contributed by atoms with van der Waals surface area (Å²) >= 11 is 0. The Kier molecular flexibility index (Phi) is 11.8. The molecule has 0 fully saturated rings. The van der Waals surface area contributed by atoms with E-state index in [0.717, 1.165) is 50.7 Å². The molecule has 28 heavy (non-hydrogen) atoms. The Morgan fingerprint density at radius 1 is 1.18 bits per heavy atom. The molecule has 0 saturated carbocycles. The highest BCUT2D eigenvalue weighted by molar-refractivity contribution is 14.0. The zero-order chi connectivity index (χ0) is 19.5. The zero-order valence-corrected chi connectivity index (χ0v) is 19.9. The van der Waals surface area contributed by atoms with Gasteiger partial charge < -0.3 is 15.2 Å². The van der Waals surface area contributed by atoms with Crippen LogP contribution in [0.3, 0.4) is 0 Å². The third kappa shape index (κ3) is 9.03. The van der Waals surface area contributed by atoms with Crippen LogP contribution in [-0.4, -0.2) is 39.9 Å². The van der Waals surface area contributed by atoms with Gasteiger partial charge in [-0.1, -0.05) is 51.1 Å². The average molecular weight is 498 g/mol. The minimum atomic E-state index is 0. The molecule has 1 aromatic carbocycles. The van der Waals surface area contributed by atoms with Gasteiger partial charge >= 0.3 is 0 Å².